The van der Waals surface area contributed by atoms with Crippen LogP contribution in [0.4, 0.5) is 0 Å². The van der Waals surface area contributed by atoms with Crippen molar-refractivity contribution >= 4 is 17.7 Å². The molecule has 1 spiro atoms. The number of H-pyrrole nitrogens is 1. The largest absolute Gasteiger partial charge is 0.451 e. The van der Waals surface area contributed by atoms with Gasteiger partial charge in [0, 0.05) is 23.8 Å². The summed E-state index contributed by atoms with van der Waals surface area (Å²) in [7, 11) is 0. The fourth-order valence-corrected chi connectivity index (χ4v) is 10.9. The van der Waals surface area contributed by atoms with Crippen LogP contribution in [0.15, 0.2) is 18.3 Å². The molecule has 11 nitrogen and oxygen atoms in total. The molecule has 1 aromatic heterocycles. The highest BCUT2D eigenvalue weighted by atomic mass is 32.2. The van der Waals surface area contributed by atoms with Crippen molar-refractivity contribution in [1.29, 1.82) is 0 Å². The molecule has 218 valence electrons. The normalized spacial score (nSPS) is 54.9. The van der Waals surface area contributed by atoms with E-state index >= 15 is 0 Å². The van der Waals surface area contributed by atoms with Gasteiger partial charge in [0.1, 0.15) is 28.1 Å². The molecule has 0 unspecified atom stereocenters. The van der Waals surface area contributed by atoms with Crippen molar-refractivity contribution in [2.75, 3.05) is 18.1 Å². The molecule has 8 N–H and O–H groups in total. The molecule has 39 heavy (non-hydrogen) atoms. The zero-order valence-corrected chi connectivity index (χ0v) is 23.4. The Labute approximate surface area is 230 Å². The zero-order chi connectivity index (χ0) is 28.7. The maximum atomic E-state index is 13.3. The molecule has 1 aromatic rings. The molecule has 0 amide bonds. The maximum absolute atomic E-state index is 13.3. The number of thioether (sulfide) groups is 1. The van der Waals surface area contributed by atoms with Gasteiger partial charge in [-0.05, 0) is 49.5 Å². The lowest BCUT2D eigenvalue weighted by atomic mass is 9.52. The molecule has 0 radical (unpaired) electrons. The number of carbonyl (C=O) groups is 1. The quantitative estimate of drug-likeness (QED) is 0.156. The van der Waals surface area contributed by atoms with E-state index in [9.17, 15) is 40.5 Å². The van der Waals surface area contributed by atoms with Crippen LogP contribution in [0.2, 0.25) is 0 Å². The van der Waals surface area contributed by atoms with Crippen molar-refractivity contribution in [2.24, 2.45) is 22.7 Å². The van der Waals surface area contributed by atoms with Gasteiger partial charge < -0.3 is 50.2 Å². The third-order valence-corrected chi connectivity index (χ3v) is 12.8. The third kappa shape index (κ3) is 2.38. The Balaban J connectivity index is 1.60. The van der Waals surface area contributed by atoms with Gasteiger partial charge in [0.05, 0.1) is 18.1 Å². The number of hydrogen-bond donors (Lipinski definition) is 8. The van der Waals surface area contributed by atoms with E-state index in [1.807, 2.05) is 0 Å². The first-order valence-electron chi connectivity index (χ1n) is 13.6. The first-order valence-corrected chi connectivity index (χ1v) is 14.7. The molecule has 7 rings (SSSR count). The van der Waals surface area contributed by atoms with Crippen molar-refractivity contribution in [1.82, 2.24) is 4.98 Å². The molecule has 12 heteroatoms. The second-order valence-corrected chi connectivity index (χ2v) is 14.1. The molecule has 4 saturated carbocycles. The molecular formula is C27H39NO10S. The highest BCUT2D eigenvalue weighted by molar-refractivity contribution is 7.99. The van der Waals surface area contributed by atoms with Crippen LogP contribution >= 0.6 is 11.8 Å². The van der Waals surface area contributed by atoms with E-state index in [4.69, 9.17) is 9.47 Å². The van der Waals surface area contributed by atoms with Gasteiger partial charge in [-0.1, -0.05) is 20.8 Å². The van der Waals surface area contributed by atoms with E-state index in [0.29, 0.717) is 17.9 Å². The summed E-state index contributed by atoms with van der Waals surface area (Å²) in [4.78, 5) is 16.0. The average molecular weight is 570 g/mol. The molecular weight excluding hydrogens is 530 g/mol. The minimum atomic E-state index is -2.65. The minimum Gasteiger partial charge on any atom is -0.451 e. The Kier molecular flexibility index (Phi) is 5.57. The number of rotatable bonds is 7. The molecule has 6 fully saturated rings. The summed E-state index contributed by atoms with van der Waals surface area (Å²) in [6.07, 6.45) is -1.91. The number of esters is 1. The zero-order valence-electron chi connectivity index (χ0n) is 22.5. The van der Waals surface area contributed by atoms with Gasteiger partial charge in [-0.25, -0.2) is 4.79 Å². The second kappa shape index (κ2) is 7.78. The summed E-state index contributed by atoms with van der Waals surface area (Å²) in [6.45, 7) is 6.08. The van der Waals surface area contributed by atoms with Crippen molar-refractivity contribution in [3.8, 4) is 0 Å². The summed E-state index contributed by atoms with van der Waals surface area (Å²) in [5, 5.41) is 84.5. The van der Waals surface area contributed by atoms with Gasteiger partial charge in [-0.3, -0.25) is 0 Å². The predicted molar refractivity (Wildman–Crippen MR) is 137 cm³/mol. The lowest BCUT2D eigenvalue weighted by Crippen LogP contribution is -2.75. The van der Waals surface area contributed by atoms with Crippen molar-refractivity contribution in [3.63, 3.8) is 0 Å². The molecule has 3 heterocycles. The van der Waals surface area contributed by atoms with E-state index in [-0.39, 0.29) is 25.1 Å². The number of aromatic amines is 1. The number of hydrogen-bond acceptors (Lipinski definition) is 11. The van der Waals surface area contributed by atoms with Crippen molar-refractivity contribution in [2.45, 2.75) is 93.0 Å². The average Bonchev–Trinajstić information content (AvgIpc) is 3.50. The van der Waals surface area contributed by atoms with Crippen LogP contribution in [0.3, 0.4) is 0 Å². The summed E-state index contributed by atoms with van der Waals surface area (Å²) in [5.74, 6) is -3.74. The number of aliphatic hydroxyl groups excluding tert-OH is 2. The summed E-state index contributed by atoms with van der Waals surface area (Å²) in [6, 6.07) is 3.05. The van der Waals surface area contributed by atoms with Crippen LogP contribution in [0.5, 0.6) is 0 Å². The van der Waals surface area contributed by atoms with Crippen LogP contribution in [-0.2, 0) is 9.47 Å². The number of aromatic nitrogens is 1. The first kappa shape index (κ1) is 27.9. The Hall–Kier alpha value is -1.22. The Morgan fingerprint density at radius 1 is 1.23 bits per heavy atom. The second-order valence-electron chi connectivity index (χ2n) is 13.0. The van der Waals surface area contributed by atoms with Crippen LogP contribution < -0.4 is 0 Å². The van der Waals surface area contributed by atoms with Gasteiger partial charge in [0.25, 0.3) is 0 Å². The van der Waals surface area contributed by atoms with Crippen LogP contribution in [0.25, 0.3) is 0 Å². The van der Waals surface area contributed by atoms with Gasteiger partial charge in [0.15, 0.2) is 17.5 Å². The molecule has 6 aliphatic rings. The van der Waals surface area contributed by atoms with Gasteiger partial charge >= 0.3 is 5.97 Å². The fraction of sp³-hybridized carbons (Fsp3) is 0.815. The number of ether oxygens (including phenoxy) is 2. The van der Waals surface area contributed by atoms with Gasteiger partial charge in [-0.2, -0.15) is 11.8 Å². The Bertz CT molecular complexity index is 1200. The van der Waals surface area contributed by atoms with E-state index in [1.165, 1.54) is 37.9 Å². The molecule has 6 bridgehead atoms. The maximum Gasteiger partial charge on any atom is 0.355 e. The number of aliphatic hydroxyl groups is 7. The minimum absolute atomic E-state index is 0.0130. The molecule has 4 aliphatic carbocycles. The number of carbonyl (C=O) groups excluding carboxylic acids is 1. The third-order valence-electron chi connectivity index (χ3n) is 11.7. The lowest BCUT2D eigenvalue weighted by molar-refractivity contribution is -0.389. The van der Waals surface area contributed by atoms with Crippen LogP contribution in [0.1, 0.15) is 57.4 Å². The molecule has 2 saturated heterocycles. The van der Waals surface area contributed by atoms with E-state index in [1.54, 1.807) is 19.9 Å². The highest BCUT2D eigenvalue weighted by Crippen LogP contribution is 2.90. The van der Waals surface area contributed by atoms with Crippen LogP contribution in [0, 0.1) is 22.7 Å². The van der Waals surface area contributed by atoms with Gasteiger partial charge in [-0.15, -0.1) is 0 Å². The highest BCUT2D eigenvalue weighted by Gasteiger charge is 3.10. The first-order chi connectivity index (χ1) is 18.1. The Morgan fingerprint density at radius 2 is 1.92 bits per heavy atom. The van der Waals surface area contributed by atoms with E-state index in [2.05, 4.69) is 4.98 Å². The predicted octanol–water partition coefficient (Wildman–Crippen LogP) is -0.482. The smallest absolute Gasteiger partial charge is 0.355 e. The molecule has 0 aromatic carbocycles. The van der Waals surface area contributed by atoms with E-state index in [0.717, 1.165) is 0 Å². The Morgan fingerprint density at radius 3 is 2.51 bits per heavy atom. The monoisotopic (exact) mass is 569 g/mol. The lowest BCUT2D eigenvalue weighted by Gasteiger charge is -2.60. The fourth-order valence-electron chi connectivity index (χ4n) is 9.93. The molecule has 11 atom stereocenters. The topological polar surface area (TPSA) is 193 Å². The van der Waals surface area contributed by atoms with Crippen LogP contribution in [-0.4, -0.2) is 111 Å². The standard InChI is InChI=1S/C27H39NO10S/c1-14(2)24(34)19(37-18(31)16-6-5-9-28-16)25(35)20(3)13-23(33)21(24,4)27(25,36)26(38-23)17(30)15(12-39-11-10-29)7-8-22(20,26)32/h5-6,9,14-15,17,19,28-30,32-36H,7-8,10-13H2,1-4H3/t15-,17-,19-,20+,21+,22+,23+,24-,25-,26-,27-/m1/s1. The SMILES string of the molecule is CC(C)[C@@]1(O)[C@@H](OC(=O)c2ccc[nH]2)[C@@]2(O)[C@@]3(C)C[C@]4(O)O[C@@]5([C@H](O)[C@@H](CSCCO)CC[C@]35O)[C@@]2(O)[C@]14C. The summed E-state index contributed by atoms with van der Waals surface area (Å²) >= 11 is 1.39. The molecule has 2 aliphatic heterocycles. The number of nitrogens with one attached hydrogen (secondary N) is 1. The summed E-state index contributed by atoms with van der Waals surface area (Å²) in [5.41, 5.74) is -15.6. The van der Waals surface area contributed by atoms with E-state index < -0.39 is 74.6 Å². The van der Waals surface area contributed by atoms with Crippen molar-refractivity contribution < 1.29 is 50.0 Å². The summed E-state index contributed by atoms with van der Waals surface area (Å²) < 4.78 is 12.2. The van der Waals surface area contributed by atoms with Gasteiger partial charge in [0.2, 0.25) is 0 Å². The van der Waals surface area contributed by atoms with Crippen molar-refractivity contribution in [3.05, 3.63) is 24.0 Å².